The van der Waals surface area contributed by atoms with Crippen molar-refractivity contribution in [2.45, 2.75) is 27.2 Å². The molecule has 0 saturated heterocycles. The highest BCUT2D eigenvalue weighted by Crippen LogP contribution is 2.31. The molecular weight excluding hydrogens is 124 g/mol. The van der Waals surface area contributed by atoms with E-state index in [1.165, 1.54) is 0 Å². The third-order valence-electron chi connectivity index (χ3n) is 1.85. The van der Waals surface area contributed by atoms with E-state index in [4.69, 9.17) is 0 Å². The smallest absolute Gasteiger partial charge is 0.114 e. The highest BCUT2D eigenvalue weighted by molar-refractivity contribution is 5.25. The predicted octanol–water partition coefficient (Wildman–Crippen LogP) is 2.80. The van der Waals surface area contributed by atoms with Gasteiger partial charge in [-0.05, 0) is 30.4 Å². The van der Waals surface area contributed by atoms with Crippen molar-refractivity contribution in [2.24, 2.45) is 5.41 Å². The molecule has 1 N–H and O–H groups in total. The molecule has 1 aliphatic rings. The van der Waals surface area contributed by atoms with Crippen LogP contribution in [0.1, 0.15) is 27.2 Å². The molecule has 0 atom stereocenters. The third-order valence-corrected chi connectivity index (χ3v) is 1.85. The van der Waals surface area contributed by atoms with Gasteiger partial charge in [0.25, 0.3) is 0 Å². The van der Waals surface area contributed by atoms with E-state index in [-0.39, 0.29) is 5.41 Å². The first-order valence-electron chi connectivity index (χ1n) is 3.59. The van der Waals surface area contributed by atoms with Gasteiger partial charge in [-0.15, -0.1) is 0 Å². The largest absolute Gasteiger partial charge is 0.508 e. The Balaban J connectivity index is 2.85. The topological polar surface area (TPSA) is 20.2 Å². The molecule has 56 valence electrons. The molecule has 1 rings (SSSR count). The molecule has 0 aliphatic heterocycles. The summed E-state index contributed by atoms with van der Waals surface area (Å²) in [6.07, 6.45) is 4.81. The first-order valence-corrected chi connectivity index (χ1v) is 3.59. The maximum atomic E-state index is 9.20. The Bertz CT molecular complexity index is 197. The maximum Gasteiger partial charge on any atom is 0.114 e. The van der Waals surface area contributed by atoms with Crippen LogP contribution in [-0.2, 0) is 0 Å². The molecule has 0 aromatic heterocycles. The lowest BCUT2D eigenvalue weighted by molar-refractivity contribution is 0.387. The Morgan fingerprint density at radius 1 is 1.50 bits per heavy atom. The lowest BCUT2D eigenvalue weighted by Crippen LogP contribution is -2.12. The van der Waals surface area contributed by atoms with Crippen LogP contribution in [0.25, 0.3) is 0 Å². The summed E-state index contributed by atoms with van der Waals surface area (Å²) in [4.78, 5) is 0. The predicted molar refractivity (Wildman–Crippen MR) is 42.9 cm³/mol. The van der Waals surface area contributed by atoms with E-state index >= 15 is 0 Å². The summed E-state index contributed by atoms with van der Waals surface area (Å²) in [6, 6.07) is 0. The monoisotopic (exact) mass is 138 g/mol. The second-order valence-electron chi connectivity index (χ2n) is 3.66. The molecule has 0 unspecified atom stereocenters. The van der Waals surface area contributed by atoms with E-state index in [0.29, 0.717) is 5.76 Å². The summed E-state index contributed by atoms with van der Waals surface area (Å²) < 4.78 is 0. The number of aliphatic hydroxyl groups excluding tert-OH is 1. The molecule has 0 bridgehead atoms. The first-order chi connectivity index (χ1) is 4.51. The molecule has 0 radical (unpaired) electrons. The molecular formula is C9H14O. The minimum atomic E-state index is 0.232. The van der Waals surface area contributed by atoms with Gasteiger partial charge in [-0.1, -0.05) is 19.9 Å². The van der Waals surface area contributed by atoms with Gasteiger partial charge in [0.2, 0.25) is 0 Å². The molecule has 0 saturated carbocycles. The van der Waals surface area contributed by atoms with E-state index in [2.05, 4.69) is 19.9 Å². The Morgan fingerprint density at radius 2 is 2.10 bits per heavy atom. The number of aliphatic hydroxyl groups is 1. The molecule has 1 nitrogen and oxygen atoms in total. The molecule has 0 amide bonds. The average Bonchev–Trinajstić information content (AvgIpc) is 1.79. The second-order valence-corrected chi connectivity index (χ2v) is 3.66. The van der Waals surface area contributed by atoms with Gasteiger partial charge in [-0.25, -0.2) is 0 Å². The van der Waals surface area contributed by atoms with Crippen molar-refractivity contribution < 1.29 is 5.11 Å². The van der Waals surface area contributed by atoms with Crippen LogP contribution in [0.2, 0.25) is 0 Å². The lowest BCUT2D eigenvalue weighted by Gasteiger charge is -2.24. The Labute approximate surface area is 62.1 Å². The maximum absolute atomic E-state index is 9.20. The number of hydrogen-bond acceptors (Lipinski definition) is 1. The van der Waals surface area contributed by atoms with Gasteiger partial charge in [0.15, 0.2) is 0 Å². The van der Waals surface area contributed by atoms with Crippen molar-refractivity contribution in [1.29, 1.82) is 0 Å². The number of allylic oxidation sites excluding steroid dienone is 3. The standard InChI is InChI=1S/C9H14O/c1-7-6-9(2,3)5-4-8(7)10/h4-5,10H,6H2,1-3H3. The Hall–Kier alpha value is -0.720. The summed E-state index contributed by atoms with van der Waals surface area (Å²) in [6.45, 7) is 6.31. The summed E-state index contributed by atoms with van der Waals surface area (Å²) in [5.74, 6) is 0.444. The highest BCUT2D eigenvalue weighted by Gasteiger charge is 2.19. The molecule has 0 fully saturated rings. The summed E-state index contributed by atoms with van der Waals surface area (Å²) >= 11 is 0. The van der Waals surface area contributed by atoms with Crippen LogP contribution in [0, 0.1) is 5.41 Å². The molecule has 0 aromatic carbocycles. The number of hydrogen-bond donors (Lipinski definition) is 1. The van der Waals surface area contributed by atoms with E-state index in [9.17, 15) is 5.11 Å². The fraction of sp³-hybridized carbons (Fsp3) is 0.556. The summed E-state index contributed by atoms with van der Waals surface area (Å²) in [5.41, 5.74) is 1.32. The molecule has 0 heterocycles. The van der Waals surface area contributed by atoms with Crippen LogP contribution in [0.5, 0.6) is 0 Å². The van der Waals surface area contributed by atoms with Gasteiger partial charge >= 0.3 is 0 Å². The molecule has 10 heavy (non-hydrogen) atoms. The van der Waals surface area contributed by atoms with Crippen LogP contribution in [-0.4, -0.2) is 5.11 Å². The van der Waals surface area contributed by atoms with Crippen molar-refractivity contribution in [1.82, 2.24) is 0 Å². The van der Waals surface area contributed by atoms with E-state index in [1.54, 1.807) is 6.08 Å². The summed E-state index contributed by atoms with van der Waals surface area (Å²) in [7, 11) is 0. The van der Waals surface area contributed by atoms with Crippen LogP contribution >= 0.6 is 0 Å². The van der Waals surface area contributed by atoms with Crippen molar-refractivity contribution in [2.75, 3.05) is 0 Å². The quantitative estimate of drug-likeness (QED) is 0.545. The van der Waals surface area contributed by atoms with Gasteiger partial charge in [-0.3, -0.25) is 0 Å². The van der Waals surface area contributed by atoms with Crippen LogP contribution < -0.4 is 0 Å². The van der Waals surface area contributed by atoms with Crippen LogP contribution in [0.4, 0.5) is 0 Å². The fourth-order valence-electron chi connectivity index (χ4n) is 1.28. The van der Waals surface area contributed by atoms with Gasteiger partial charge in [0.05, 0.1) is 0 Å². The van der Waals surface area contributed by atoms with Crippen molar-refractivity contribution >= 4 is 0 Å². The second kappa shape index (κ2) is 2.15. The first kappa shape index (κ1) is 7.39. The normalized spacial score (nSPS) is 23.5. The molecule has 0 aromatic rings. The molecule has 0 spiro atoms. The molecule has 1 heteroatoms. The highest BCUT2D eigenvalue weighted by atomic mass is 16.3. The Morgan fingerprint density at radius 3 is 2.50 bits per heavy atom. The third kappa shape index (κ3) is 1.41. The van der Waals surface area contributed by atoms with Gasteiger partial charge < -0.3 is 5.11 Å². The van der Waals surface area contributed by atoms with Gasteiger partial charge in [-0.2, -0.15) is 0 Å². The minimum absolute atomic E-state index is 0.232. The zero-order valence-electron chi connectivity index (χ0n) is 6.81. The van der Waals surface area contributed by atoms with Crippen LogP contribution in [0.15, 0.2) is 23.5 Å². The zero-order valence-corrected chi connectivity index (χ0v) is 6.81. The zero-order chi connectivity index (χ0) is 7.78. The SMILES string of the molecule is CC1=C(O)C=CC(C)(C)C1. The Kier molecular flexibility index (Phi) is 1.59. The molecule has 1 aliphatic carbocycles. The van der Waals surface area contributed by atoms with E-state index in [1.807, 2.05) is 6.92 Å². The fourth-order valence-corrected chi connectivity index (χ4v) is 1.28. The van der Waals surface area contributed by atoms with E-state index < -0.39 is 0 Å². The van der Waals surface area contributed by atoms with Crippen molar-refractivity contribution in [3.8, 4) is 0 Å². The van der Waals surface area contributed by atoms with Crippen LogP contribution in [0.3, 0.4) is 0 Å². The van der Waals surface area contributed by atoms with Gasteiger partial charge in [0, 0.05) is 0 Å². The van der Waals surface area contributed by atoms with Crippen molar-refractivity contribution in [3.63, 3.8) is 0 Å². The lowest BCUT2D eigenvalue weighted by atomic mass is 9.82. The van der Waals surface area contributed by atoms with Gasteiger partial charge in [0.1, 0.15) is 5.76 Å². The minimum Gasteiger partial charge on any atom is -0.508 e. The number of rotatable bonds is 0. The summed E-state index contributed by atoms with van der Waals surface area (Å²) in [5, 5.41) is 9.20. The van der Waals surface area contributed by atoms with E-state index in [0.717, 1.165) is 12.0 Å². The van der Waals surface area contributed by atoms with Crippen molar-refractivity contribution in [3.05, 3.63) is 23.5 Å². The average molecular weight is 138 g/mol.